The monoisotopic (exact) mass is 454 g/mol. The van der Waals surface area contributed by atoms with Crippen LogP contribution in [0.5, 0.6) is 5.75 Å². The van der Waals surface area contributed by atoms with Gasteiger partial charge in [0.05, 0.1) is 35.8 Å². The smallest absolute Gasteiger partial charge is 0.265 e. The number of hydrogen-bond acceptors (Lipinski definition) is 8. The van der Waals surface area contributed by atoms with Gasteiger partial charge in [0.2, 0.25) is 0 Å². The highest BCUT2D eigenvalue weighted by molar-refractivity contribution is 7.91. The lowest BCUT2D eigenvalue weighted by atomic mass is 10.1. The van der Waals surface area contributed by atoms with E-state index in [1.54, 1.807) is 12.1 Å². The molecule has 0 bridgehead atoms. The van der Waals surface area contributed by atoms with Crippen molar-refractivity contribution in [3.8, 4) is 5.75 Å². The second-order valence-electron chi connectivity index (χ2n) is 6.66. The van der Waals surface area contributed by atoms with Crippen molar-refractivity contribution in [3.63, 3.8) is 0 Å². The van der Waals surface area contributed by atoms with Crippen LogP contribution in [-0.2, 0) is 24.6 Å². The van der Waals surface area contributed by atoms with Crippen molar-refractivity contribution in [2.24, 2.45) is 0 Å². The second-order valence-corrected chi connectivity index (χ2v) is 10.4. The zero-order valence-corrected chi connectivity index (χ0v) is 18.1. The largest absolute Gasteiger partial charge is 0.495 e. The van der Waals surface area contributed by atoms with Crippen LogP contribution < -0.4 is 14.4 Å². The number of sulfonamides is 1. The van der Waals surface area contributed by atoms with Crippen LogP contribution in [0.25, 0.3) is 0 Å². The summed E-state index contributed by atoms with van der Waals surface area (Å²) in [5.41, 5.74) is 0.817. The molecule has 1 saturated heterocycles. The first-order chi connectivity index (χ1) is 14.1. The quantitative estimate of drug-likeness (QED) is 0.688. The lowest BCUT2D eigenvalue weighted by Gasteiger charge is -2.30. The van der Waals surface area contributed by atoms with E-state index in [1.807, 2.05) is 9.62 Å². The number of methoxy groups -OCH3 is 1. The van der Waals surface area contributed by atoms with Gasteiger partial charge in [-0.2, -0.15) is 0 Å². The number of sulfone groups is 1. The summed E-state index contributed by atoms with van der Waals surface area (Å²) in [5.74, 6) is -0.243. The Morgan fingerprint density at radius 2 is 1.60 bits per heavy atom. The van der Waals surface area contributed by atoms with Gasteiger partial charge < -0.3 is 14.4 Å². The van der Waals surface area contributed by atoms with Crippen molar-refractivity contribution in [1.82, 2.24) is 4.72 Å². The maximum absolute atomic E-state index is 12.6. The number of nitrogens with one attached hydrogen (secondary N) is 1. The van der Waals surface area contributed by atoms with Crippen molar-refractivity contribution in [3.05, 3.63) is 48.0 Å². The molecule has 0 radical (unpaired) electrons. The normalized spacial score (nSPS) is 14.9. The molecule has 0 spiro atoms. The number of hydrogen-bond donors (Lipinski definition) is 1. The van der Waals surface area contributed by atoms with Gasteiger partial charge in [0, 0.05) is 24.9 Å². The predicted molar refractivity (Wildman–Crippen MR) is 110 cm³/mol. The molecular weight excluding hydrogens is 432 g/mol. The molecule has 9 nitrogen and oxygen atoms in total. The molecule has 1 aliphatic rings. The number of morpholine rings is 1. The van der Waals surface area contributed by atoms with Gasteiger partial charge in [-0.05, 0) is 42.5 Å². The molecular formula is C19H22N2O7S2. The minimum Gasteiger partial charge on any atom is -0.495 e. The molecule has 1 amide bonds. The van der Waals surface area contributed by atoms with E-state index >= 15 is 0 Å². The molecule has 2 aromatic rings. The Balaban J connectivity index is 1.84. The lowest BCUT2D eigenvalue weighted by Crippen LogP contribution is -2.36. The van der Waals surface area contributed by atoms with E-state index in [0.717, 1.165) is 18.4 Å². The van der Waals surface area contributed by atoms with E-state index < -0.39 is 25.8 Å². The van der Waals surface area contributed by atoms with Gasteiger partial charge in [0.1, 0.15) is 5.75 Å². The van der Waals surface area contributed by atoms with Gasteiger partial charge in [-0.15, -0.1) is 0 Å². The SMILES string of the molecule is COc1ccc(C(=O)NS(=O)(=O)c2ccc(S(C)(=O)=O)cc2)cc1N1CCOCC1. The van der Waals surface area contributed by atoms with Crippen molar-refractivity contribution in [1.29, 1.82) is 0 Å². The maximum atomic E-state index is 12.6. The van der Waals surface area contributed by atoms with Crippen molar-refractivity contribution >= 4 is 31.5 Å². The minimum absolute atomic E-state index is 0.0157. The first-order valence-electron chi connectivity index (χ1n) is 9.00. The molecule has 0 aromatic heterocycles. The van der Waals surface area contributed by atoms with Crippen LogP contribution in [0.2, 0.25) is 0 Å². The fraction of sp³-hybridized carbons (Fsp3) is 0.316. The van der Waals surface area contributed by atoms with Gasteiger partial charge in [-0.25, -0.2) is 21.6 Å². The number of benzene rings is 2. The highest BCUT2D eigenvalue weighted by Gasteiger charge is 2.22. The Hall–Kier alpha value is -2.63. The molecule has 1 fully saturated rings. The Morgan fingerprint density at radius 1 is 1.00 bits per heavy atom. The first kappa shape index (κ1) is 22.1. The fourth-order valence-electron chi connectivity index (χ4n) is 2.99. The summed E-state index contributed by atoms with van der Waals surface area (Å²) in [4.78, 5) is 14.4. The van der Waals surface area contributed by atoms with Crippen LogP contribution in [-0.4, -0.2) is 62.4 Å². The standard InChI is InChI=1S/C19H22N2O7S2/c1-27-18-8-3-14(13-17(18)21-9-11-28-12-10-21)19(22)20-30(25,26)16-6-4-15(5-7-16)29(2,23)24/h3-8,13H,9-12H2,1-2H3,(H,20,22). The Bertz CT molecular complexity index is 1140. The second kappa shape index (κ2) is 8.62. The highest BCUT2D eigenvalue weighted by Crippen LogP contribution is 2.30. The molecule has 162 valence electrons. The van der Waals surface area contributed by atoms with Crippen molar-refractivity contribution in [2.75, 3.05) is 44.6 Å². The van der Waals surface area contributed by atoms with E-state index in [4.69, 9.17) is 9.47 Å². The molecule has 1 N–H and O–H groups in total. The summed E-state index contributed by atoms with van der Waals surface area (Å²) in [6.07, 6.45) is 1.02. The Kier molecular flexibility index (Phi) is 6.34. The summed E-state index contributed by atoms with van der Waals surface area (Å²) < 4.78 is 60.9. The number of carbonyl (C=O) groups excluding carboxylic acids is 1. The van der Waals surface area contributed by atoms with Gasteiger partial charge in [0.15, 0.2) is 9.84 Å². The van der Waals surface area contributed by atoms with Crippen LogP contribution in [0.1, 0.15) is 10.4 Å². The van der Waals surface area contributed by atoms with Crippen LogP contribution in [0, 0.1) is 0 Å². The highest BCUT2D eigenvalue weighted by atomic mass is 32.2. The van der Waals surface area contributed by atoms with E-state index in [0.29, 0.717) is 37.7 Å². The maximum Gasteiger partial charge on any atom is 0.265 e. The zero-order chi connectivity index (χ0) is 21.9. The summed E-state index contributed by atoms with van der Waals surface area (Å²) >= 11 is 0. The Labute approximate surface area is 175 Å². The number of anilines is 1. The van der Waals surface area contributed by atoms with Crippen LogP contribution >= 0.6 is 0 Å². The van der Waals surface area contributed by atoms with E-state index in [1.165, 1.54) is 25.3 Å². The number of ether oxygens (including phenoxy) is 2. The van der Waals surface area contributed by atoms with Crippen molar-refractivity contribution < 1.29 is 31.1 Å². The third-order valence-corrected chi connectivity index (χ3v) is 7.06. The lowest BCUT2D eigenvalue weighted by molar-refractivity contribution is 0.0981. The minimum atomic E-state index is -4.18. The van der Waals surface area contributed by atoms with Gasteiger partial charge in [-0.1, -0.05) is 0 Å². The molecule has 11 heteroatoms. The fourth-order valence-corrected chi connectivity index (χ4v) is 4.59. The molecule has 0 aliphatic carbocycles. The van der Waals surface area contributed by atoms with E-state index in [-0.39, 0.29) is 15.4 Å². The molecule has 0 atom stereocenters. The number of amides is 1. The van der Waals surface area contributed by atoms with Crippen molar-refractivity contribution in [2.45, 2.75) is 9.79 Å². The number of rotatable bonds is 6. The topological polar surface area (TPSA) is 119 Å². The summed E-state index contributed by atoms with van der Waals surface area (Å²) in [6, 6.07) is 9.28. The predicted octanol–water partition coefficient (Wildman–Crippen LogP) is 1.05. The molecule has 0 saturated carbocycles. The number of carbonyl (C=O) groups is 1. The molecule has 3 rings (SSSR count). The number of nitrogens with zero attached hydrogens (tertiary/aromatic N) is 1. The van der Waals surface area contributed by atoms with E-state index in [9.17, 15) is 21.6 Å². The van der Waals surface area contributed by atoms with Crippen LogP contribution in [0.3, 0.4) is 0 Å². The summed E-state index contributed by atoms with van der Waals surface area (Å²) in [6.45, 7) is 2.31. The average molecular weight is 455 g/mol. The molecule has 30 heavy (non-hydrogen) atoms. The molecule has 2 aromatic carbocycles. The van der Waals surface area contributed by atoms with E-state index in [2.05, 4.69) is 0 Å². The summed E-state index contributed by atoms with van der Waals surface area (Å²) in [5, 5.41) is 0. The van der Waals surface area contributed by atoms with Crippen LogP contribution in [0.15, 0.2) is 52.3 Å². The zero-order valence-electron chi connectivity index (χ0n) is 16.5. The molecule has 0 unspecified atom stereocenters. The average Bonchev–Trinajstić information content (AvgIpc) is 2.73. The summed E-state index contributed by atoms with van der Waals surface area (Å²) in [7, 11) is -6.13. The van der Waals surface area contributed by atoms with Gasteiger partial charge in [0.25, 0.3) is 15.9 Å². The third kappa shape index (κ3) is 4.91. The van der Waals surface area contributed by atoms with Gasteiger partial charge in [-0.3, -0.25) is 4.79 Å². The molecule has 1 heterocycles. The Morgan fingerprint density at radius 3 is 2.17 bits per heavy atom. The molecule has 1 aliphatic heterocycles. The first-order valence-corrected chi connectivity index (χ1v) is 12.4. The van der Waals surface area contributed by atoms with Crippen LogP contribution in [0.4, 0.5) is 5.69 Å². The third-order valence-electron chi connectivity index (χ3n) is 4.58. The van der Waals surface area contributed by atoms with Gasteiger partial charge >= 0.3 is 0 Å².